The van der Waals surface area contributed by atoms with Crippen LogP contribution in [0, 0.1) is 0 Å². The van der Waals surface area contributed by atoms with Crippen molar-refractivity contribution in [3.63, 3.8) is 0 Å². The lowest BCUT2D eigenvalue weighted by atomic mass is 9.94. The van der Waals surface area contributed by atoms with Crippen molar-refractivity contribution < 1.29 is 0 Å². The Hall–Kier alpha value is -1.12. The van der Waals surface area contributed by atoms with Crippen LogP contribution in [-0.4, -0.2) is 7.05 Å². The van der Waals surface area contributed by atoms with Crippen LogP contribution < -0.4 is 5.32 Å². The van der Waals surface area contributed by atoms with Crippen LogP contribution in [-0.2, 0) is 0 Å². The molecule has 106 valence electrons. The van der Waals surface area contributed by atoms with Gasteiger partial charge in [0.15, 0.2) is 0 Å². The maximum atomic E-state index is 3.54. The Labute approximate surface area is 130 Å². The van der Waals surface area contributed by atoms with E-state index in [0.717, 1.165) is 4.47 Å². The van der Waals surface area contributed by atoms with E-state index in [2.05, 4.69) is 83.6 Å². The molecule has 0 aliphatic rings. The highest BCUT2D eigenvalue weighted by Gasteiger charge is 2.12. The fourth-order valence-corrected chi connectivity index (χ4v) is 2.88. The Morgan fingerprint density at radius 1 is 1.00 bits per heavy atom. The van der Waals surface area contributed by atoms with Gasteiger partial charge < -0.3 is 5.32 Å². The third kappa shape index (κ3) is 3.50. The number of hydrogen-bond donors (Lipinski definition) is 1. The summed E-state index contributed by atoms with van der Waals surface area (Å²) in [4.78, 5) is 0. The molecule has 2 heteroatoms. The Kier molecular flexibility index (Phi) is 5.38. The monoisotopic (exact) mass is 331 g/mol. The molecule has 0 aromatic heterocycles. The zero-order valence-corrected chi connectivity index (χ0v) is 13.9. The number of benzene rings is 2. The fourth-order valence-electron chi connectivity index (χ4n) is 2.46. The van der Waals surface area contributed by atoms with Crippen LogP contribution in [0.4, 0.5) is 0 Å². The summed E-state index contributed by atoms with van der Waals surface area (Å²) in [6.45, 7) is 4.51. The molecule has 0 saturated carbocycles. The van der Waals surface area contributed by atoms with Crippen LogP contribution in [0.5, 0.6) is 0 Å². The van der Waals surface area contributed by atoms with Crippen molar-refractivity contribution in [1.29, 1.82) is 0 Å². The average molecular weight is 332 g/mol. The molecular weight excluding hydrogens is 310 g/mol. The van der Waals surface area contributed by atoms with Crippen LogP contribution in [0.15, 0.2) is 53.0 Å². The van der Waals surface area contributed by atoms with Crippen molar-refractivity contribution in [2.24, 2.45) is 0 Å². The summed E-state index contributed by atoms with van der Waals surface area (Å²) >= 11 is 3.54. The molecule has 20 heavy (non-hydrogen) atoms. The molecule has 2 atom stereocenters. The van der Waals surface area contributed by atoms with Gasteiger partial charge in [0.05, 0.1) is 6.04 Å². The van der Waals surface area contributed by atoms with Crippen LogP contribution in [0.3, 0.4) is 0 Å². The Bertz CT molecular complexity index is 548. The van der Waals surface area contributed by atoms with Gasteiger partial charge in [-0.1, -0.05) is 66.2 Å². The summed E-state index contributed by atoms with van der Waals surface area (Å²) in [6.07, 6.45) is 1.18. The first kappa shape index (κ1) is 15.3. The molecular formula is C18H22BrN. The van der Waals surface area contributed by atoms with E-state index in [1.165, 1.54) is 23.1 Å². The van der Waals surface area contributed by atoms with Gasteiger partial charge in [-0.15, -0.1) is 0 Å². The zero-order valence-electron chi connectivity index (χ0n) is 12.4. The van der Waals surface area contributed by atoms with E-state index in [1.807, 2.05) is 7.05 Å². The number of halogens is 1. The SMILES string of the molecule is CCC(C)c1ccc(C(NC)c2cccc(Br)c2)cc1. The first-order valence-electron chi connectivity index (χ1n) is 7.18. The number of rotatable bonds is 5. The van der Waals surface area contributed by atoms with Crippen molar-refractivity contribution in [3.8, 4) is 0 Å². The van der Waals surface area contributed by atoms with Gasteiger partial charge in [-0.3, -0.25) is 0 Å². The predicted octanol–water partition coefficient (Wildman–Crippen LogP) is 5.27. The van der Waals surface area contributed by atoms with E-state index in [4.69, 9.17) is 0 Å². The van der Waals surface area contributed by atoms with E-state index in [-0.39, 0.29) is 6.04 Å². The molecule has 2 aromatic rings. The largest absolute Gasteiger partial charge is 0.309 e. The van der Waals surface area contributed by atoms with Crippen molar-refractivity contribution in [3.05, 3.63) is 69.7 Å². The minimum Gasteiger partial charge on any atom is -0.309 e. The van der Waals surface area contributed by atoms with E-state index in [1.54, 1.807) is 0 Å². The molecule has 2 aromatic carbocycles. The van der Waals surface area contributed by atoms with E-state index < -0.39 is 0 Å². The van der Waals surface area contributed by atoms with Crippen LogP contribution >= 0.6 is 15.9 Å². The Morgan fingerprint density at radius 2 is 1.65 bits per heavy atom. The Morgan fingerprint density at radius 3 is 2.20 bits per heavy atom. The van der Waals surface area contributed by atoms with Gasteiger partial charge in [-0.05, 0) is 48.2 Å². The molecule has 0 aliphatic carbocycles. The molecule has 0 bridgehead atoms. The number of hydrogen-bond acceptors (Lipinski definition) is 1. The topological polar surface area (TPSA) is 12.0 Å². The molecule has 0 aliphatic heterocycles. The van der Waals surface area contributed by atoms with Gasteiger partial charge in [0.2, 0.25) is 0 Å². The van der Waals surface area contributed by atoms with Crippen molar-refractivity contribution in [2.45, 2.75) is 32.2 Å². The maximum Gasteiger partial charge on any atom is 0.0574 e. The molecule has 0 amide bonds. The standard InChI is InChI=1S/C18H22BrN/c1-4-13(2)14-8-10-15(11-9-14)18(20-3)16-6-5-7-17(19)12-16/h5-13,18,20H,4H2,1-3H3. The van der Waals surface area contributed by atoms with E-state index in [9.17, 15) is 0 Å². The van der Waals surface area contributed by atoms with Gasteiger partial charge in [-0.2, -0.15) is 0 Å². The van der Waals surface area contributed by atoms with E-state index in [0.29, 0.717) is 5.92 Å². The van der Waals surface area contributed by atoms with Crippen LogP contribution in [0.1, 0.15) is 48.9 Å². The highest BCUT2D eigenvalue weighted by Crippen LogP contribution is 2.26. The smallest absolute Gasteiger partial charge is 0.0574 e. The molecule has 0 heterocycles. The summed E-state index contributed by atoms with van der Waals surface area (Å²) in [5, 5.41) is 3.40. The summed E-state index contributed by atoms with van der Waals surface area (Å²) in [5.41, 5.74) is 4.00. The average Bonchev–Trinajstić information content (AvgIpc) is 2.48. The summed E-state index contributed by atoms with van der Waals surface area (Å²) in [5.74, 6) is 0.628. The summed E-state index contributed by atoms with van der Waals surface area (Å²) in [7, 11) is 2.01. The Balaban J connectivity index is 2.28. The highest BCUT2D eigenvalue weighted by atomic mass is 79.9. The first-order valence-corrected chi connectivity index (χ1v) is 7.97. The zero-order chi connectivity index (χ0) is 14.5. The van der Waals surface area contributed by atoms with Crippen molar-refractivity contribution in [1.82, 2.24) is 5.32 Å². The molecule has 0 saturated heterocycles. The number of nitrogens with one attached hydrogen (secondary N) is 1. The molecule has 0 spiro atoms. The van der Waals surface area contributed by atoms with E-state index >= 15 is 0 Å². The van der Waals surface area contributed by atoms with Gasteiger partial charge in [0, 0.05) is 4.47 Å². The second-order valence-electron chi connectivity index (χ2n) is 5.25. The third-order valence-corrected chi connectivity index (χ3v) is 4.42. The predicted molar refractivity (Wildman–Crippen MR) is 90.2 cm³/mol. The minimum atomic E-state index is 0.235. The third-order valence-electron chi connectivity index (χ3n) is 3.92. The first-order chi connectivity index (χ1) is 9.65. The van der Waals surface area contributed by atoms with Gasteiger partial charge in [0.1, 0.15) is 0 Å². The van der Waals surface area contributed by atoms with Gasteiger partial charge in [0.25, 0.3) is 0 Å². The molecule has 0 fully saturated rings. The van der Waals surface area contributed by atoms with Gasteiger partial charge in [-0.25, -0.2) is 0 Å². The lowest BCUT2D eigenvalue weighted by Gasteiger charge is -2.19. The van der Waals surface area contributed by atoms with Gasteiger partial charge >= 0.3 is 0 Å². The molecule has 2 rings (SSSR count). The quantitative estimate of drug-likeness (QED) is 0.786. The lowest BCUT2D eigenvalue weighted by Crippen LogP contribution is -2.17. The second-order valence-corrected chi connectivity index (χ2v) is 6.17. The maximum absolute atomic E-state index is 3.54. The summed E-state index contributed by atoms with van der Waals surface area (Å²) < 4.78 is 1.12. The second kappa shape index (κ2) is 7.05. The lowest BCUT2D eigenvalue weighted by molar-refractivity contribution is 0.688. The highest BCUT2D eigenvalue weighted by molar-refractivity contribution is 9.10. The molecule has 1 N–H and O–H groups in total. The fraction of sp³-hybridized carbons (Fsp3) is 0.333. The van der Waals surface area contributed by atoms with Crippen LogP contribution in [0.2, 0.25) is 0 Å². The molecule has 0 radical (unpaired) electrons. The minimum absolute atomic E-state index is 0.235. The van der Waals surface area contributed by atoms with Crippen molar-refractivity contribution in [2.75, 3.05) is 7.05 Å². The molecule has 2 unspecified atom stereocenters. The van der Waals surface area contributed by atoms with Crippen LogP contribution in [0.25, 0.3) is 0 Å². The van der Waals surface area contributed by atoms with Crippen molar-refractivity contribution >= 4 is 15.9 Å². The normalized spacial score (nSPS) is 14.0. The molecule has 1 nitrogen and oxygen atoms in total. The summed E-state index contributed by atoms with van der Waals surface area (Å²) in [6, 6.07) is 17.7.